The van der Waals surface area contributed by atoms with Gasteiger partial charge in [0, 0.05) is 11.6 Å². The molecule has 1 aromatic carbocycles. The largest absolute Gasteiger partial charge is 0.324 e. The number of halogens is 2. The van der Waals surface area contributed by atoms with Gasteiger partial charge in [-0.3, -0.25) is 0 Å². The predicted octanol–water partition coefficient (Wildman–Crippen LogP) is 3.59. The van der Waals surface area contributed by atoms with Crippen LogP contribution in [-0.4, -0.2) is 0 Å². The van der Waals surface area contributed by atoms with Gasteiger partial charge in [0.15, 0.2) is 0 Å². The highest BCUT2D eigenvalue weighted by molar-refractivity contribution is 6.32. The molecular weight excluding hydrogens is 201 g/mol. The van der Waals surface area contributed by atoms with Crippen molar-refractivity contribution in [1.29, 1.82) is 0 Å². The number of rotatable bonds is 3. The summed E-state index contributed by atoms with van der Waals surface area (Å²) >= 11 is 6.01. The molecule has 3 heteroatoms. The standard InChI is InChI=1S/C11H15ClFN/c1-3-4-9(14)10-8(13)6-5-7(2)11(10)12/h5-6,9H,3-4,14H2,1-2H3/t9-/m1/s1. The van der Waals surface area contributed by atoms with Gasteiger partial charge in [0.1, 0.15) is 5.82 Å². The first-order chi connectivity index (χ1) is 6.57. The van der Waals surface area contributed by atoms with Crippen LogP contribution in [0.2, 0.25) is 5.02 Å². The van der Waals surface area contributed by atoms with Crippen molar-refractivity contribution in [3.05, 3.63) is 34.1 Å². The normalized spacial score (nSPS) is 12.9. The summed E-state index contributed by atoms with van der Waals surface area (Å²) in [6.45, 7) is 3.87. The molecule has 0 spiro atoms. The number of aryl methyl sites for hydroxylation is 1. The zero-order valence-electron chi connectivity index (χ0n) is 8.48. The summed E-state index contributed by atoms with van der Waals surface area (Å²) in [6, 6.07) is 2.79. The Labute approximate surface area is 89.1 Å². The maximum absolute atomic E-state index is 13.4. The van der Waals surface area contributed by atoms with Crippen LogP contribution in [0, 0.1) is 12.7 Å². The van der Waals surface area contributed by atoms with E-state index >= 15 is 0 Å². The molecule has 2 N–H and O–H groups in total. The van der Waals surface area contributed by atoms with Crippen molar-refractivity contribution in [3.8, 4) is 0 Å². The van der Waals surface area contributed by atoms with E-state index in [0.717, 1.165) is 18.4 Å². The molecule has 0 aliphatic rings. The number of benzene rings is 1. The zero-order valence-corrected chi connectivity index (χ0v) is 9.24. The minimum absolute atomic E-state index is 0.299. The minimum atomic E-state index is -0.304. The van der Waals surface area contributed by atoms with Gasteiger partial charge in [0.25, 0.3) is 0 Å². The van der Waals surface area contributed by atoms with Gasteiger partial charge in [-0.15, -0.1) is 0 Å². The summed E-state index contributed by atoms with van der Waals surface area (Å²) in [6.07, 6.45) is 1.67. The Kier molecular flexibility index (Phi) is 3.90. The van der Waals surface area contributed by atoms with Gasteiger partial charge in [-0.2, -0.15) is 0 Å². The Hall–Kier alpha value is -0.600. The molecule has 0 saturated heterocycles. The van der Waals surface area contributed by atoms with Gasteiger partial charge in [-0.1, -0.05) is 31.0 Å². The molecule has 14 heavy (non-hydrogen) atoms. The molecule has 0 saturated carbocycles. The van der Waals surface area contributed by atoms with Crippen LogP contribution in [0.4, 0.5) is 4.39 Å². The van der Waals surface area contributed by atoms with E-state index in [1.54, 1.807) is 6.07 Å². The van der Waals surface area contributed by atoms with E-state index < -0.39 is 0 Å². The molecule has 0 unspecified atom stereocenters. The van der Waals surface area contributed by atoms with Crippen molar-refractivity contribution in [2.24, 2.45) is 5.73 Å². The van der Waals surface area contributed by atoms with Gasteiger partial charge >= 0.3 is 0 Å². The van der Waals surface area contributed by atoms with Crippen LogP contribution in [0.15, 0.2) is 12.1 Å². The van der Waals surface area contributed by atoms with Crippen LogP contribution >= 0.6 is 11.6 Å². The number of hydrogen-bond donors (Lipinski definition) is 1. The molecule has 78 valence electrons. The van der Waals surface area contributed by atoms with Crippen LogP contribution < -0.4 is 5.73 Å². The second-order valence-corrected chi connectivity index (χ2v) is 3.87. The minimum Gasteiger partial charge on any atom is -0.324 e. The highest BCUT2D eigenvalue weighted by Gasteiger charge is 2.15. The molecule has 0 amide bonds. The van der Waals surface area contributed by atoms with E-state index in [1.165, 1.54) is 6.07 Å². The molecule has 1 nitrogen and oxygen atoms in total. The third-order valence-electron chi connectivity index (χ3n) is 2.29. The average Bonchev–Trinajstić information content (AvgIpc) is 2.13. The Morgan fingerprint density at radius 2 is 2.14 bits per heavy atom. The van der Waals surface area contributed by atoms with Crippen molar-refractivity contribution >= 4 is 11.6 Å². The lowest BCUT2D eigenvalue weighted by molar-refractivity contribution is 0.559. The summed E-state index contributed by atoms with van der Waals surface area (Å²) in [5, 5.41) is 0.464. The topological polar surface area (TPSA) is 26.0 Å². The summed E-state index contributed by atoms with van der Waals surface area (Å²) < 4.78 is 13.4. The Bertz CT molecular complexity index is 325. The van der Waals surface area contributed by atoms with Crippen molar-refractivity contribution in [2.75, 3.05) is 0 Å². The molecule has 1 atom stereocenters. The van der Waals surface area contributed by atoms with E-state index in [9.17, 15) is 4.39 Å². The van der Waals surface area contributed by atoms with E-state index in [0.29, 0.717) is 10.6 Å². The first-order valence-corrected chi connectivity index (χ1v) is 5.15. The maximum atomic E-state index is 13.4. The van der Waals surface area contributed by atoms with E-state index in [1.807, 2.05) is 13.8 Å². The molecule has 1 aromatic rings. The summed E-state index contributed by atoms with van der Waals surface area (Å²) in [5.41, 5.74) is 7.17. The highest BCUT2D eigenvalue weighted by atomic mass is 35.5. The maximum Gasteiger partial charge on any atom is 0.129 e. The van der Waals surface area contributed by atoms with Gasteiger partial charge in [0.05, 0.1) is 5.02 Å². The molecule has 0 aromatic heterocycles. The van der Waals surface area contributed by atoms with Gasteiger partial charge in [-0.25, -0.2) is 4.39 Å². The van der Waals surface area contributed by atoms with Crippen molar-refractivity contribution in [3.63, 3.8) is 0 Å². The summed E-state index contributed by atoms with van der Waals surface area (Å²) in [7, 11) is 0. The fraction of sp³-hybridized carbons (Fsp3) is 0.455. The lowest BCUT2D eigenvalue weighted by Crippen LogP contribution is -2.12. The summed E-state index contributed by atoms with van der Waals surface area (Å²) in [5.74, 6) is -0.304. The first kappa shape index (κ1) is 11.5. The molecule has 0 aliphatic heterocycles. The SMILES string of the molecule is CCC[C@@H](N)c1c(F)ccc(C)c1Cl. The van der Waals surface area contributed by atoms with E-state index in [-0.39, 0.29) is 11.9 Å². The highest BCUT2D eigenvalue weighted by Crippen LogP contribution is 2.29. The van der Waals surface area contributed by atoms with Crippen molar-refractivity contribution in [2.45, 2.75) is 32.7 Å². The number of nitrogens with two attached hydrogens (primary N) is 1. The lowest BCUT2D eigenvalue weighted by atomic mass is 10.0. The Morgan fingerprint density at radius 1 is 1.50 bits per heavy atom. The quantitative estimate of drug-likeness (QED) is 0.820. The molecular formula is C11H15ClFN. The van der Waals surface area contributed by atoms with E-state index in [2.05, 4.69) is 0 Å². The third-order valence-corrected chi connectivity index (χ3v) is 2.79. The third kappa shape index (κ3) is 2.25. The molecule has 0 radical (unpaired) electrons. The number of hydrogen-bond acceptors (Lipinski definition) is 1. The average molecular weight is 216 g/mol. The monoisotopic (exact) mass is 215 g/mol. The molecule has 0 bridgehead atoms. The van der Waals surface area contributed by atoms with E-state index in [4.69, 9.17) is 17.3 Å². The van der Waals surface area contributed by atoms with Gasteiger partial charge in [0.2, 0.25) is 0 Å². The van der Waals surface area contributed by atoms with Crippen LogP contribution in [0.3, 0.4) is 0 Å². The fourth-order valence-corrected chi connectivity index (χ4v) is 1.77. The molecule has 0 heterocycles. The summed E-state index contributed by atoms with van der Waals surface area (Å²) in [4.78, 5) is 0. The van der Waals surface area contributed by atoms with Crippen LogP contribution in [0.5, 0.6) is 0 Å². The van der Waals surface area contributed by atoms with Crippen LogP contribution in [0.25, 0.3) is 0 Å². The second-order valence-electron chi connectivity index (χ2n) is 3.49. The fourth-order valence-electron chi connectivity index (χ4n) is 1.47. The second kappa shape index (κ2) is 4.76. The van der Waals surface area contributed by atoms with Gasteiger partial charge in [-0.05, 0) is 25.0 Å². The van der Waals surface area contributed by atoms with Crippen molar-refractivity contribution in [1.82, 2.24) is 0 Å². The Balaban J connectivity index is 3.11. The van der Waals surface area contributed by atoms with Crippen LogP contribution in [0.1, 0.15) is 36.9 Å². The Morgan fingerprint density at radius 3 is 2.71 bits per heavy atom. The smallest absolute Gasteiger partial charge is 0.129 e. The molecule has 1 rings (SSSR count). The molecule has 0 aliphatic carbocycles. The van der Waals surface area contributed by atoms with Crippen molar-refractivity contribution < 1.29 is 4.39 Å². The lowest BCUT2D eigenvalue weighted by Gasteiger charge is -2.15. The first-order valence-electron chi connectivity index (χ1n) is 4.78. The predicted molar refractivity (Wildman–Crippen MR) is 58.0 cm³/mol. The molecule has 0 fully saturated rings. The van der Waals surface area contributed by atoms with Gasteiger partial charge < -0.3 is 5.73 Å². The van der Waals surface area contributed by atoms with Crippen LogP contribution in [-0.2, 0) is 0 Å². The zero-order chi connectivity index (χ0) is 10.7.